The van der Waals surface area contributed by atoms with Gasteiger partial charge in [0.05, 0.1) is 23.7 Å². The van der Waals surface area contributed by atoms with Crippen LogP contribution < -0.4 is 0 Å². The summed E-state index contributed by atoms with van der Waals surface area (Å²) in [5.41, 5.74) is 0. The largest absolute Gasteiger partial charge is 0.302 e. The summed E-state index contributed by atoms with van der Waals surface area (Å²) in [6, 6.07) is 0. The molecule has 2 aliphatic heterocycles. The van der Waals surface area contributed by atoms with Gasteiger partial charge in [0.25, 0.3) is 0 Å². The highest BCUT2D eigenvalue weighted by molar-refractivity contribution is 6.09. The molecule has 2 bridgehead atoms. The maximum atomic E-state index is 13.4. The molecule has 0 aromatic heterocycles. The molecular formula is C26H39ClN4O4. The van der Waals surface area contributed by atoms with Crippen molar-refractivity contribution >= 4 is 36.0 Å². The second kappa shape index (κ2) is 9.94. The van der Waals surface area contributed by atoms with Crippen LogP contribution >= 0.6 is 12.4 Å². The Balaban J connectivity index is 0.00000289. The zero-order chi connectivity index (χ0) is 24.3. The first-order chi connectivity index (χ1) is 16.4. The van der Waals surface area contributed by atoms with E-state index in [1.807, 2.05) is 0 Å². The van der Waals surface area contributed by atoms with Crippen molar-refractivity contribution in [2.75, 3.05) is 52.4 Å². The van der Waals surface area contributed by atoms with Crippen molar-refractivity contribution in [1.29, 1.82) is 0 Å². The predicted octanol–water partition coefficient (Wildman–Crippen LogP) is 1.36. The Morgan fingerprint density at radius 1 is 0.600 bits per heavy atom. The van der Waals surface area contributed by atoms with Gasteiger partial charge in [0.15, 0.2) is 0 Å². The first-order valence-corrected chi connectivity index (χ1v) is 13.2. The Morgan fingerprint density at radius 3 is 1.23 bits per heavy atom. The Kier molecular flexibility index (Phi) is 7.47. The first-order valence-electron chi connectivity index (χ1n) is 13.2. The smallest absolute Gasteiger partial charge is 0.233 e. The van der Waals surface area contributed by atoms with Crippen LogP contribution in [0.5, 0.6) is 0 Å². The van der Waals surface area contributed by atoms with Crippen LogP contribution in [-0.4, -0.2) is 95.6 Å². The standard InChI is InChI=1S/C26H38N4O4.ClH/c1-5-27(6-2)11-13-29-23(31)19-15-9-10-16(20(19)24(29)32)18-17(15)21-22(18)26(34)30(25(21)33)14-12-28(7-3)8-4;/h9-10,15-22H,5-8,11-14H2,1-4H3;1H. The van der Waals surface area contributed by atoms with Crippen molar-refractivity contribution in [2.24, 2.45) is 47.3 Å². The lowest BCUT2D eigenvalue weighted by molar-refractivity contribution is -0.166. The van der Waals surface area contributed by atoms with E-state index in [-0.39, 0.29) is 83.4 Å². The van der Waals surface area contributed by atoms with Gasteiger partial charge in [-0.1, -0.05) is 39.8 Å². The fourth-order valence-electron chi connectivity index (χ4n) is 7.73. The summed E-state index contributed by atoms with van der Waals surface area (Å²) in [6.07, 6.45) is 4.16. The van der Waals surface area contributed by atoms with E-state index in [9.17, 15) is 19.2 Å². The van der Waals surface area contributed by atoms with Crippen molar-refractivity contribution in [1.82, 2.24) is 19.6 Å². The molecule has 0 N–H and O–H groups in total. The fraction of sp³-hybridized carbons (Fsp3) is 0.769. The average Bonchev–Trinajstić information content (AvgIpc) is 3.20. The third-order valence-corrected chi connectivity index (χ3v) is 9.59. The number of hydrogen-bond acceptors (Lipinski definition) is 6. The van der Waals surface area contributed by atoms with Crippen LogP contribution in [0, 0.1) is 47.3 Å². The molecule has 0 radical (unpaired) electrons. The second-order valence-electron chi connectivity index (χ2n) is 10.5. The number of halogens is 1. The number of carbonyl (C=O) groups excluding carboxylic acids is 4. The highest BCUT2D eigenvalue weighted by Gasteiger charge is 2.74. The van der Waals surface area contributed by atoms with Crippen molar-refractivity contribution in [3.05, 3.63) is 12.2 Å². The molecule has 2 saturated carbocycles. The van der Waals surface area contributed by atoms with Crippen LogP contribution in [-0.2, 0) is 19.2 Å². The lowest BCUT2D eigenvalue weighted by Crippen LogP contribution is -2.63. The Bertz CT molecular complexity index is 861. The molecule has 6 rings (SSSR count). The number of allylic oxidation sites excluding steroid dienone is 2. The molecule has 35 heavy (non-hydrogen) atoms. The van der Waals surface area contributed by atoms with E-state index < -0.39 is 0 Å². The molecule has 0 aromatic carbocycles. The van der Waals surface area contributed by atoms with Crippen molar-refractivity contribution < 1.29 is 19.2 Å². The number of fused-ring (bicyclic) bond motifs is 1. The Hall–Kier alpha value is -1.77. The molecule has 194 valence electrons. The van der Waals surface area contributed by atoms with Gasteiger partial charge in [-0.2, -0.15) is 0 Å². The van der Waals surface area contributed by atoms with E-state index in [1.165, 1.54) is 9.80 Å². The highest BCUT2D eigenvalue weighted by atomic mass is 35.5. The molecule has 0 aromatic rings. The molecule has 6 aliphatic rings. The molecule has 9 heteroatoms. The fourth-order valence-corrected chi connectivity index (χ4v) is 7.73. The van der Waals surface area contributed by atoms with Gasteiger partial charge in [-0.25, -0.2) is 0 Å². The quantitative estimate of drug-likeness (QED) is 0.329. The average molecular weight is 507 g/mol. The summed E-state index contributed by atoms with van der Waals surface area (Å²) in [5, 5.41) is 0. The number of nitrogens with zero attached hydrogens (tertiary/aromatic N) is 4. The van der Waals surface area contributed by atoms with Gasteiger partial charge in [0.1, 0.15) is 0 Å². The number of carbonyl (C=O) groups is 4. The van der Waals surface area contributed by atoms with Crippen LogP contribution in [0.3, 0.4) is 0 Å². The van der Waals surface area contributed by atoms with Crippen molar-refractivity contribution in [3.63, 3.8) is 0 Å². The van der Waals surface area contributed by atoms with E-state index in [0.29, 0.717) is 26.2 Å². The minimum Gasteiger partial charge on any atom is -0.302 e. The van der Waals surface area contributed by atoms with Crippen LogP contribution in [0.25, 0.3) is 0 Å². The molecule has 2 saturated heterocycles. The van der Waals surface area contributed by atoms with Gasteiger partial charge in [-0.3, -0.25) is 29.0 Å². The van der Waals surface area contributed by atoms with Crippen LogP contribution in [0.2, 0.25) is 0 Å². The molecule has 8 nitrogen and oxygen atoms in total. The number of likely N-dealkylation sites (N-methyl/N-ethyl adjacent to an activating group) is 2. The number of rotatable bonds is 10. The van der Waals surface area contributed by atoms with Gasteiger partial charge < -0.3 is 9.80 Å². The number of imide groups is 2. The molecule has 2 heterocycles. The minimum atomic E-state index is -0.367. The zero-order valence-corrected chi connectivity index (χ0v) is 22.1. The van der Waals surface area contributed by atoms with Gasteiger partial charge in [0.2, 0.25) is 23.6 Å². The van der Waals surface area contributed by atoms with Gasteiger partial charge in [0, 0.05) is 26.2 Å². The first kappa shape index (κ1) is 26.3. The SMILES string of the molecule is CCN(CC)CCN1C(=O)C2C3C=CC(C2C1=O)C1C2C(=O)N(CCN(CC)CC)C(=O)C2C31.Cl. The molecule has 8 unspecified atom stereocenters. The number of hydrogen-bond donors (Lipinski definition) is 0. The zero-order valence-electron chi connectivity index (χ0n) is 21.3. The molecule has 4 amide bonds. The molecule has 4 fully saturated rings. The molecule has 4 aliphatic carbocycles. The Morgan fingerprint density at radius 2 is 0.914 bits per heavy atom. The van der Waals surface area contributed by atoms with E-state index in [0.717, 1.165) is 26.2 Å². The van der Waals surface area contributed by atoms with Crippen LogP contribution in [0.4, 0.5) is 0 Å². The van der Waals surface area contributed by atoms with E-state index in [2.05, 4.69) is 49.6 Å². The number of amides is 4. The highest BCUT2D eigenvalue weighted by Crippen LogP contribution is 2.68. The molecule has 0 spiro atoms. The summed E-state index contributed by atoms with van der Waals surface area (Å²) in [5.74, 6) is -1.84. The van der Waals surface area contributed by atoms with E-state index in [4.69, 9.17) is 0 Å². The summed E-state index contributed by atoms with van der Waals surface area (Å²) in [4.78, 5) is 60.9. The maximum Gasteiger partial charge on any atom is 0.233 e. The lowest BCUT2D eigenvalue weighted by atomic mass is 9.40. The predicted molar refractivity (Wildman–Crippen MR) is 133 cm³/mol. The van der Waals surface area contributed by atoms with Gasteiger partial charge >= 0.3 is 0 Å². The van der Waals surface area contributed by atoms with Gasteiger partial charge in [-0.05, 0) is 49.9 Å². The minimum absolute atomic E-state index is 0. The summed E-state index contributed by atoms with van der Waals surface area (Å²) in [6.45, 7) is 14.1. The van der Waals surface area contributed by atoms with Crippen LogP contribution in [0.1, 0.15) is 27.7 Å². The summed E-state index contributed by atoms with van der Waals surface area (Å²) in [7, 11) is 0. The van der Waals surface area contributed by atoms with E-state index in [1.54, 1.807) is 0 Å². The third kappa shape index (κ3) is 3.70. The van der Waals surface area contributed by atoms with Gasteiger partial charge in [-0.15, -0.1) is 12.4 Å². The molecule has 8 atom stereocenters. The topological polar surface area (TPSA) is 81.2 Å². The summed E-state index contributed by atoms with van der Waals surface area (Å²) >= 11 is 0. The normalized spacial score (nSPS) is 36.6. The lowest BCUT2D eigenvalue weighted by Gasteiger charge is -2.60. The van der Waals surface area contributed by atoms with Crippen LogP contribution in [0.15, 0.2) is 12.2 Å². The van der Waals surface area contributed by atoms with Crippen molar-refractivity contribution in [2.45, 2.75) is 27.7 Å². The maximum absolute atomic E-state index is 13.4. The van der Waals surface area contributed by atoms with Crippen molar-refractivity contribution in [3.8, 4) is 0 Å². The molecular weight excluding hydrogens is 468 g/mol. The monoisotopic (exact) mass is 506 g/mol. The second-order valence-corrected chi connectivity index (χ2v) is 10.5. The number of likely N-dealkylation sites (tertiary alicyclic amines) is 2. The van der Waals surface area contributed by atoms with E-state index >= 15 is 0 Å². The third-order valence-electron chi connectivity index (χ3n) is 9.59. The summed E-state index contributed by atoms with van der Waals surface area (Å²) < 4.78 is 0. The Labute approximate surface area is 214 Å².